The van der Waals surface area contributed by atoms with E-state index >= 15 is 0 Å². The fraction of sp³-hybridized carbons (Fsp3) is 0.385. The smallest absolute Gasteiger partial charge is 0.233 e. The van der Waals surface area contributed by atoms with Crippen molar-refractivity contribution in [2.24, 2.45) is 17.8 Å². The van der Waals surface area contributed by atoms with Gasteiger partial charge in [0.25, 0.3) is 0 Å². The number of phenolic OH excluding ortho intramolecular Hbond substituents is 1. The first-order valence-electron chi connectivity index (χ1n) is 11.2. The molecule has 1 saturated heterocycles. The molecule has 1 aliphatic heterocycles. The topological polar surface area (TPSA) is 91.8 Å². The van der Waals surface area contributed by atoms with Gasteiger partial charge in [-0.05, 0) is 44.2 Å². The monoisotopic (exact) mass is 431 g/mol. The summed E-state index contributed by atoms with van der Waals surface area (Å²) in [6, 6.07) is 6.82. The van der Waals surface area contributed by atoms with Gasteiger partial charge in [0.1, 0.15) is 5.75 Å². The van der Waals surface area contributed by atoms with E-state index in [9.17, 15) is 24.3 Å². The van der Waals surface area contributed by atoms with Crippen molar-refractivity contribution in [1.82, 2.24) is 4.90 Å². The van der Waals surface area contributed by atoms with E-state index in [4.69, 9.17) is 0 Å². The number of phenols is 1. The summed E-state index contributed by atoms with van der Waals surface area (Å²) < 4.78 is 0. The molecule has 5 rings (SSSR count). The number of allylic oxidation sites excluding steroid dienone is 6. The van der Waals surface area contributed by atoms with E-state index in [1.165, 1.54) is 11.0 Å². The Morgan fingerprint density at radius 2 is 1.81 bits per heavy atom. The number of hydrogen-bond donors (Lipinski definition) is 1. The molecule has 0 saturated carbocycles. The highest BCUT2D eigenvalue weighted by atomic mass is 16.3. The number of amides is 2. The second-order valence-electron chi connectivity index (χ2n) is 9.12. The van der Waals surface area contributed by atoms with E-state index in [1.807, 2.05) is 13.0 Å². The molecular formula is C26H25NO5. The lowest BCUT2D eigenvalue weighted by Crippen LogP contribution is -2.39. The van der Waals surface area contributed by atoms with Crippen LogP contribution in [0.5, 0.6) is 5.75 Å². The van der Waals surface area contributed by atoms with E-state index in [0.717, 1.165) is 5.57 Å². The molecule has 2 amide bonds. The average Bonchev–Trinajstić information content (AvgIpc) is 3.02. The maximum Gasteiger partial charge on any atom is 0.233 e. The fourth-order valence-electron chi connectivity index (χ4n) is 5.98. The number of ketones is 2. The predicted octanol–water partition coefficient (Wildman–Crippen LogP) is 3.23. The maximum absolute atomic E-state index is 13.3. The lowest BCUT2D eigenvalue weighted by molar-refractivity contribution is -0.140. The van der Waals surface area contributed by atoms with Gasteiger partial charge in [-0.1, -0.05) is 36.8 Å². The average molecular weight is 431 g/mol. The van der Waals surface area contributed by atoms with Crippen molar-refractivity contribution in [1.29, 1.82) is 0 Å². The zero-order valence-electron chi connectivity index (χ0n) is 18.1. The van der Waals surface area contributed by atoms with Gasteiger partial charge in [-0.25, -0.2) is 0 Å². The molecule has 1 heterocycles. The SMILES string of the molecule is CCCN1C(=O)[C@H]2[C@H](CC=C3[C@H](c4ccccc4O)C4=C(C[C@H]32)C(=O)C(C)=CC4=O)C1=O. The molecule has 6 nitrogen and oxygen atoms in total. The van der Waals surface area contributed by atoms with Crippen LogP contribution in [-0.2, 0) is 19.2 Å². The Labute approximate surface area is 186 Å². The van der Waals surface area contributed by atoms with Gasteiger partial charge >= 0.3 is 0 Å². The Kier molecular flexibility index (Phi) is 4.77. The van der Waals surface area contributed by atoms with Crippen LogP contribution in [0.25, 0.3) is 0 Å². The Hall–Kier alpha value is -3.28. The number of Topliss-reactive ketones (excluding diaryl/α,β-unsaturated/α-hetero) is 1. The van der Waals surface area contributed by atoms with E-state index in [1.54, 1.807) is 31.2 Å². The molecule has 1 fully saturated rings. The van der Waals surface area contributed by atoms with Gasteiger partial charge < -0.3 is 5.11 Å². The van der Waals surface area contributed by atoms with Crippen molar-refractivity contribution >= 4 is 23.4 Å². The maximum atomic E-state index is 13.3. The van der Waals surface area contributed by atoms with Crippen molar-refractivity contribution in [3.63, 3.8) is 0 Å². The number of carbonyl (C=O) groups excluding carboxylic acids is 4. The van der Waals surface area contributed by atoms with Crippen LogP contribution in [0.3, 0.4) is 0 Å². The Morgan fingerprint density at radius 1 is 1.06 bits per heavy atom. The second kappa shape index (κ2) is 7.40. The van der Waals surface area contributed by atoms with Crippen molar-refractivity contribution in [2.45, 2.75) is 39.0 Å². The van der Waals surface area contributed by atoms with Crippen LogP contribution in [0.1, 0.15) is 44.6 Å². The molecule has 0 unspecified atom stereocenters. The summed E-state index contributed by atoms with van der Waals surface area (Å²) in [5.74, 6) is -2.62. The predicted molar refractivity (Wildman–Crippen MR) is 116 cm³/mol. The minimum atomic E-state index is -0.602. The molecule has 3 aliphatic carbocycles. The highest BCUT2D eigenvalue weighted by Gasteiger charge is 2.56. The molecular weight excluding hydrogens is 406 g/mol. The fourth-order valence-corrected chi connectivity index (χ4v) is 5.98. The summed E-state index contributed by atoms with van der Waals surface area (Å²) >= 11 is 0. The third kappa shape index (κ3) is 2.78. The quantitative estimate of drug-likeness (QED) is 0.451. The third-order valence-corrected chi connectivity index (χ3v) is 7.35. The zero-order valence-corrected chi connectivity index (χ0v) is 18.1. The number of likely N-dealkylation sites (tertiary alicyclic amines) is 1. The van der Waals surface area contributed by atoms with Gasteiger partial charge in [-0.15, -0.1) is 0 Å². The number of carbonyl (C=O) groups is 4. The number of imide groups is 1. The van der Waals surface area contributed by atoms with E-state index < -0.39 is 17.8 Å². The molecule has 4 atom stereocenters. The molecule has 164 valence electrons. The number of para-hydroxylation sites is 1. The van der Waals surface area contributed by atoms with E-state index in [2.05, 4.69) is 0 Å². The summed E-state index contributed by atoms with van der Waals surface area (Å²) in [7, 11) is 0. The molecule has 0 radical (unpaired) electrons. The van der Waals surface area contributed by atoms with Crippen LogP contribution in [0.15, 0.2) is 58.7 Å². The van der Waals surface area contributed by atoms with Crippen molar-refractivity contribution in [3.8, 4) is 5.75 Å². The van der Waals surface area contributed by atoms with Gasteiger partial charge in [-0.2, -0.15) is 0 Å². The van der Waals surface area contributed by atoms with Crippen LogP contribution < -0.4 is 0 Å². The van der Waals surface area contributed by atoms with Gasteiger partial charge in [0.2, 0.25) is 11.8 Å². The largest absolute Gasteiger partial charge is 0.508 e. The lowest BCUT2D eigenvalue weighted by atomic mass is 9.59. The van der Waals surface area contributed by atoms with Gasteiger partial charge in [0.05, 0.1) is 11.8 Å². The molecule has 0 spiro atoms. The number of hydrogen-bond acceptors (Lipinski definition) is 5. The molecule has 4 aliphatic rings. The number of nitrogens with zero attached hydrogens (tertiary/aromatic N) is 1. The molecule has 0 aromatic heterocycles. The molecule has 32 heavy (non-hydrogen) atoms. The van der Waals surface area contributed by atoms with Crippen molar-refractivity contribution in [2.75, 3.05) is 6.54 Å². The summed E-state index contributed by atoms with van der Waals surface area (Å²) in [6.45, 7) is 3.95. The first-order chi connectivity index (χ1) is 15.3. The summed E-state index contributed by atoms with van der Waals surface area (Å²) in [5, 5.41) is 10.7. The Bertz CT molecular complexity index is 1170. The van der Waals surface area contributed by atoms with Gasteiger partial charge in [0, 0.05) is 34.7 Å². The van der Waals surface area contributed by atoms with Crippen molar-refractivity contribution in [3.05, 3.63) is 64.3 Å². The third-order valence-electron chi connectivity index (χ3n) is 7.35. The first-order valence-corrected chi connectivity index (χ1v) is 11.2. The van der Waals surface area contributed by atoms with Crippen LogP contribution in [0.2, 0.25) is 0 Å². The van der Waals surface area contributed by atoms with Gasteiger partial charge in [0.15, 0.2) is 11.6 Å². The Morgan fingerprint density at radius 3 is 2.53 bits per heavy atom. The summed E-state index contributed by atoms with van der Waals surface area (Å²) in [6.07, 6.45) is 4.71. The zero-order chi connectivity index (χ0) is 22.7. The highest BCUT2D eigenvalue weighted by Crippen LogP contribution is 2.55. The summed E-state index contributed by atoms with van der Waals surface area (Å²) in [5.41, 5.74) is 2.60. The highest BCUT2D eigenvalue weighted by molar-refractivity contribution is 6.23. The second-order valence-corrected chi connectivity index (χ2v) is 9.12. The minimum absolute atomic E-state index is 0.0426. The van der Waals surface area contributed by atoms with E-state index in [-0.39, 0.29) is 41.5 Å². The lowest BCUT2D eigenvalue weighted by Gasteiger charge is -2.42. The van der Waals surface area contributed by atoms with Crippen LogP contribution >= 0.6 is 0 Å². The van der Waals surface area contributed by atoms with Crippen LogP contribution in [-0.4, -0.2) is 39.9 Å². The number of rotatable bonds is 3. The molecule has 1 aromatic rings. The van der Waals surface area contributed by atoms with Crippen LogP contribution in [0.4, 0.5) is 0 Å². The Balaban J connectivity index is 1.69. The first kappa shape index (κ1) is 20.6. The van der Waals surface area contributed by atoms with E-state index in [0.29, 0.717) is 41.7 Å². The number of aromatic hydroxyl groups is 1. The molecule has 0 bridgehead atoms. The molecule has 1 N–H and O–H groups in total. The normalized spacial score (nSPS) is 29.5. The number of benzene rings is 1. The molecule has 6 heteroatoms. The van der Waals surface area contributed by atoms with Crippen LogP contribution in [0, 0.1) is 17.8 Å². The minimum Gasteiger partial charge on any atom is -0.508 e. The van der Waals surface area contributed by atoms with Crippen molar-refractivity contribution < 1.29 is 24.3 Å². The number of fused-ring (bicyclic) bond motifs is 3. The standard InChI is InChI=1S/C26H25NO5/c1-3-10-27-25(31)16-9-8-14-17(22(16)26(27)32)12-18-23(20(29)11-13(2)24(18)30)21(14)15-6-4-5-7-19(15)28/h4-8,11,16-17,21-22,28H,3,9-10,12H2,1-2H3/t16-,17+,21+,22-/m0/s1. The van der Waals surface area contributed by atoms with Gasteiger partial charge in [-0.3, -0.25) is 24.1 Å². The summed E-state index contributed by atoms with van der Waals surface area (Å²) in [4.78, 5) is 53.9. The molecule has 1 aromatic carbocycles.